The molecule has 0 aliphatic carbocycles. The van der Waals surface area contributed by atoms with Crippen LogP contribution in [0.3, 0.4) is 0 Å². The number of likely N-dealkylation sites (N-methyl/N-ethyl adjacent to an activating group) is 1. The first-order valence-corrected chi connectivity index (χ1v) is 9.45. The van der Waals surface area contributed by atoms with Crippen molar-refractivity contribution in [3.63, 3.8) is 0 Å². The van der Waals surface area contributed by atoms with Crippen LogP contribution in [0, 0.1) is 0 Å². The first-order chi connectivity index (χ1) is 12.1. The zero-order valence-electron chi connectivity index (χ0n) is 15.5. The standard InChI is InChI=1S/C20H28N4O/c1-14(2)24-11-8-21-17(13-24)19-16-12-15(23-9-4-5-10-23)6-7-18(16)22(3)20(19)25/h6-7,12,14,21H,4-5,8-11,13H2,1-3H3/b19-17-. The van der Waals surface area contributed by atoms with Crippen LogP contribution in [0.2, 0.25) is 0 Å². The highest BCUT2D eigenvalue weighted by atomic mass is 16.2. The topological polar surface area (TPSA) is 38.8 Å². The number of nitrogens with zero attached hydrogens (tertiary/aromatic N) is 3. The Morgan fingerprint density at radius 3 is 2.60 bits per heavy atom. The van der Waals surface area contributed by atoms with Crippen LogP contribution in [0.1, 0.15) is 32.3 Å². The summed E-state index contributed by atoms with van der Waals surface area (Å²) in [6, 6.07) is 6.98. The Labute approximate surface area is 150 Å². The fourth-order valence-electron chi connectivity index (χ4n) is 4.17. The summed E-state index contributed by atoms with van der Waals surface area (Å²) in [6.45, 7) is 9.42. The Hall–Kier alpha value is -2.01. The SMILES string of the molecule is CC(C)N1CCN/C(=C2\C(=O)N(C)c3ccc(N4CCCC4)cc32)C1. The number of carbonyl (C=O) groups excluding carboxylic acids is 1. The summed E-state index contributed by atoms with van der Waals surface area (Å²) in [5.41, 5.74) is 5.30. The van der Waals surface area contributed by atoms with Crippen LogP contribution in [0.5, 0.6) is 0 Å². The number of piperazine rings is 1. The van der Waals surface area contributed by atoms with Gasteiger partial charge in [0.25, 0.3) is 5.91 Å². The van der Waals surface area contributed by atoms with Crippen molar-refractivity contribution in [1.29, 1.82) is 0 Å². The molecule has 0 atom stereocenters. The quantitative estimate of drug-likeness (QED) is 0.839. The molecule has 1 N–H and O–H groups in total. The van der Waals surface area contributed by atoms with Crippen molar-refractivity contribution >= 4 is 22.9 Å². The highest BCUT2D eigenvalue weighted by Gasteiger charge is 2.34. The molecule has 5 nitrogen and oxygen atoms in total. The maximum atomic E-state index is 13.0. The molecule has 0 radical (unpaired) electrons. The lowest BCUT2D eigenvalue weighted by atomic mass is 10.0. The van der Waals surface area contributed by atoms with Crippen LogP contribution in [-0.4, -0.2) is 56.6 Å². The van der Waals surface area contributed by atoms with Crippen LogP contribution < -0.4 is 15.1 Å². The van der Waals surface area contributed by atoms with E-state index in [1.807, 2.05) is 7.05 Å². The maximum Gasteiger partial charge on any atom is 0.260 e. The van der Waals surface area contributed by atoms with Crippen molar-refractivity contribution in [2.75, 3.05) is 49.6 Å². The van der Waals surface area contributed by atoms with E-state index in [1.165, 1.54) is 18.5 Å². The normalized spacial score (nSPS) is 24.2. The Bertz CT molecular complexity index is 718. The highest BCUT2D eigenvalue weighted by molar-refractivity contribution is 6.33. The summed E-state index contributed by atoms with van der Waals surface area (Å²) in [7, 11) is 1.88. The lowest BCUT2D eigenvalue weighted by Crippen LogP contribution is -2.46. The number of fused-ring (bicyclic) bond motifs is 1. The molecule has 1 amide bonds. The summed E-state index contributed by atoms with van der Waals surface area (Å²) in [4.78, 5) is 19.6. The smallest absolute Gasteiger partial charge is 0.260 e. The molecule has 134 valence electrons. The minimum Gasteiger partial charge on any atom is -0.385 e. The summed E-state index contributed by atoms with van der Waals surface area (Å²) < 4.78 is 0. The third-order valence-corrected chi connectivity index (χ3v) is 5.73. The van der Waals surface area contributed by atoms with Crippen molar-refractivity contribution < 1.29 is 4.79 Å². The largest absolute Gasteiger partial charge is 0.385 e. The molecule has 2 fully saturated rings. The number of hydrogen-bond acceptors (Lipinski definition) is 4. The van der Waals surface area contributed by atoms with Gasteiger partial charge < -0.3 is 15.1 Å². The second-order valence-corrected chi connectivity index (χ2v) is 7.60. The lowest BCUT2D eigenvalue weighted by molar-refractivity contribution is -0.112. The number of benzene rings is 1. The Kier molecular flexibility index (Phi) is 4.20. The molecule has 25 heavy (non-hydrogen) atoms. The molecule has 2 saturated heterocycles. The van der Waals surface area contributed by atoms with E-state index in [1.54, 1.807) is 4.90 Å². The predicted molar refractivity (Wildman–Crippen MR) is 103 cm³/mol. The number of rotatable bonds is 2. The molecule has 5 heteroatoms. The summed E-state index contributed by atoms with van der Waals surface area (Å²) >= 11 is 0. The minimum atomic E-state index is 0.113. The Balaban J connectivity index is 1.75. The molecule has 3 aliphatic rings. The van der Waals surface area contributed by atoms with Gasteiger partial charge in [0.1, 0.15) is 0 Å². The van der Waals surface area contributed by atoms with E-state index in [0.29, 0.717) is 6.04 Å². The van der Waals surface area contributed by atoms with E-state index < -0.39 is 0 Å². The zero-order chi connectivity index (χ0) is 17.6. The monoisotopic (exact) mass is 340 g/mol. The van der Waals surface area contributed by atoms with E-state index in [-0.39, 0.29) is 5.91 Å². The van der Waals surface area contributed by atoms with Gasteiger partial charge in [-0.15, -0.1) is 0 Å². The molecule has 3 heterocycles. The molecule has 0 unspecified atom stereocenters. The van der Waals surface area contributed by atoms with E-state index >= 15 is 0 Å². The molecule has 4 rings (SSSR count). The number of amides is 1. The van der Waals surface area contributed by atoms with Gasteiger partial charge in [-0.2, -0.15) is 0 Å². The number of anilines is 2. The second kappa shape index (κ2) is 6.37. The van der Waals surface area contributed by atoms with Crippen molar-refractivity contribution in [2.24, 2.45) is 0 Å². The average Bonchev–Trinajstić information content (AvgIpc) is 3.23. The van der Waals surface area contributed by atoms with Crippen molar-refractivity contribution in [3.8, 4) is 0 Å². The molecule has 0 bridgehead atoms. The van der Waals surface area contributed by atoms with Gasteiger partial charge in [-0.25, -0.2) is 0 Å². The van der Waals surface area contributed by atoms with Crippen LogP contribution in [0.25, 0.3) is 5.57 Å². The fraction of sp³-hybridized carbons (Fsp3) is 0.550. The van der Waals surface area contributed by atoms with Gasteiger partial charge in [-0.3, -0.25) is 9.69 Å². The van der Waals surface area contributed by atoms with Crippen LogP contribution in [-0.2, 0) is 4.79 Å². The van der Waals surface area contributed by atoms with E-state index in [9.17, 15) is 4.79 Å². The van der Waals surface area contributed by atoms with Gasteiger partial charge >= 0.3 is 0 Å². The Morgan fingerprint density at radius 2 is 1.88 bits per heavy atom. The van der Waals surface area contributed by atoms with Gasteiger partial charge in [-0.05, 0) is 44.9 Å². The van der Waals surface area contributed by atoms with Gasteiger partial charge in [0.05, 0.1) is 11.3 Å². The second-order valence-electron chi connectivity index (χ2n) is 7.60. The van der Waals surface area contributed by atoms with Gasteiger partial charge in [0, 0.05) is 62.8 Å². The number of nitrogens with one attached hydrogen (secondary N) is 1. The highest BCUT2D eigenvalue weighted by Crippen LogP contribution is 2.40. The van der Waals surface area contributed by atoms with E-state index in [2.05, 4.69) is 47.2 Å². The molecular formula is C20H28N4O. The molecule has 3 aliphatic heterocycles. The number of carbonyl (C=O) groups is 1. The predicted octanol–water partition coefficient (Wildman–Crippen LogP) is 2.29. The van der Waals surface area contributed by atoms with Gasteiger partial charge in [0.15, 0.2) is 0 Å². The average molecular weight is 340 g/mol. The molecule has 0 saturated carbocycles. The first-order valence-electron chi connectivity index (χ1n) is 9.45. The van der Waals surface area contributed by atoms with E-state index in [0.717, 1.165) is 55.2 Å². The third-order valence-electron chi connectivity index (χ3n) is 5.73. The fourth-order valence-corrected chi connectivity index (χ4v) is 4.17. The van der Waals surface area contributed by atoms with Gasteiger partial charge in [0.2, 0.25) is 0 Å². The molecule has 0 aromatic heterocycles. The molecule has 0 spiro atoms. The van der Waals surface area contributed by atoms with Crippen molar-refractivity contribution in [1.82, 2.24) is 10.2 Å². The summed E-state index contributed by atoms with van der Waals surface area (Å²) in [5.74, 6) is 0.113. The minimum absolute atomic E-state index is 0.113. The van der Waals surface area contributed by atoms with Crippen molar-refractivity contribution in [2.45, 2.75) is 32.7 Å². The van der Waals surface area contributed by atoms with Crippen LogP contribution >= 0.6 is 0 Å². The van der Waals surface area contributed by atoms with Crippen LogP contribution in [0.15, 0.2) is 23.9 Å². The number of hydrogen-bond donors (Lipinski definition) is 1. The summed E-state index contributed by atoms with van der Waals surface area (Å²) in [6.07, 6.45) is 2.52. The third kappa shape index (κ3) is 2.80. The Morgan fingerprint density at radius 1 is 1.12 bits per heavy atom. The lowest BCUT2D eigenvalue weighted by Gasteiger charge is -2.33. The molecule has 1 aromatic rings. The van der Waals surface area contributed by atoms with Crippen LogP contribution in [0.4, 0.5) is 11.4 Å². The molecular weight excluding hydrogens is 312 g/mol. The molecule has 1 aromatic carbocycles. The summed E-state index contributed by atoms with van der Waals surface area (Å²) in [5, 5.41) is 3.50. The first kappa shape index (κ1) is 16.5. The van der Waals surface area contributed by atoms with Crippen molar-refractivity contribution in [3.05, 3.63) is 29.5 Å². The van der Waals surface area contributed by atoms with E-state index in [4.69, 9.17) is 0 Å². The maximum absolute atomic E-state index is 13.0. The van der Waals surface area contributed by atoms with Gasteiger partial charge in [-0.1, -0.05) is 0 Å². The zero-order valence-corrected chi connectivity index (χ0v) is 15.5.